The first kappa shape index (κ1) is 12.7. The summed E-state index contributed by atoms with van der Waals surface area (Å²) in [7, 11) is 0. The summed E-state index contributed by atoms with van der Waals surface area (Å²) in [4.78, 5) is 0. The van der Waals surface area contributed by atoms with Crippen LogP contribution in [-0.2, 0) is 12.0 Å². The van der Waals surface area contributed by atoms with Crippen LogP contribution < -0.4 is 11.1 Å². The monoisotopic (exact) mass is 272 g/mol. The molecule has 0 unspecified atom stereocenters. The molecular weight excluding hydrogens is 252 g/mol. The van der Waals surface area contributed by atoms with E-state index in [4.69, 9.17) is 5.73 Å². The summed E-state index contributed by atoms with van der Waals surface area (Å²) in [6.07, 6.45) is 2.57. The summed E-state index contributed by atoms with van der Waals surface area (Å²) in [6.45, 7) is 4.22. The van der Waals surface area contributed by atoms with Gasteiger partial charge >= 0.3 is 0 Å². The van der Waals surface area contributed by atoms with Gasteiger partial charge in [-0.25, -0.2) is 0 Å². The zero-order chi connectivity index (χ0) is 13.3. The Morgan fingerprint density at radius 3 is 2.53 bits per heavy atom. The van der Waals surface area contributed by atoms with E-state index >= 15 is 0 Å². The smallest absolute Gasteiger partial charge is 0.0314 e. The Labute approximate surface area is 118 Å². The molecule has 3 heteroatoms. The lowest BCUT2D eigenvalue weighted by molar-refractivity contribution is 0.574. The molecule has 0 aliphatic heterocycles. The van der Waals surface area contributed by atoms with Gasteiger partial charge in [-0.2, -0.15) is 11.3 Å². The molecule has 1 fully saturated rings. The largest absolute Gasteiger partial charge is 0.399 e. The number of anilines is 1. The number of aryl methyl sites for hydroxylation is 1. The molecule has 2 aromatic rings. The van der Waals surface area contributed by atoms with Crippen molar-refractivity contribution in [1.82, 2.24) is 5.32 Å². The zero-order valence-corrected chi connectivity index (χ0v) is 12.1. The van der Waals surface area contributed by atoms with Gasteiger partial charge < -0.3 is 11.1 Å². The maximum absolute atomic E-state index is 5.76. The highest BCUT2D eigenvalue weighted by molar-refractivity contribution is 7.08. The summed E-state index contributed by atoms with van der Waals surface area (Å²) in [5.41, 5.74) is 11.2. The van der Waals surface area contributed by atoms with Gasteiger partial charge in [0.2, 0.25) is 0 Å². The van der Waals surface area contributed by atoms with E-state index in [1.165, 1.54) is 29.5 Å². The Morgan fingerprint density at radius 1 is 1.21 bits per heavy atom. The molecule has 100 valence electrons. The van der Waals surface area contributed by atoms with Crippen molar-refractivity contribution in [1.29, 1.82) is 0 Å². The highest BCUT2D eigenvalue weighted by Crippen LogP contribution is 2.47. The van der Waals surface area contributed by atoms with E-state index in [9.17, 15) is 0 Å². The molecule has 1 aromatic heterocycles. The van der Waals surface area contributed by atoms with Crippen molar-refractivity contribution in [2.45, 2.75) is 31.7 Å². The molecular formula is C16H20N2S. The molecule has 1 aromatic carbocycles. The van der Waals surface area contributed by atoms with E-state index in [1.807, 2.05) is 12.1 Å². The molecule has 1 aliphatic rings. The van der Waals surface area contributed by atoms with Crippen LogP contribution in [0.4, 0.5) is 5.69 Å². The van der Waals surface area contributed by atoms with Gasteiger partial charge in [0, 0.05) is 24.2 Å². The lowest BCUT2D eigenvalue weighted by Crippen LogP contribution is -2.26. The SMILES string of the molecule is Cc1cscc1CNCC1(c2ccc(N)cc2)CC1. The fraction of sp³-hybridized carbons (Fsp3) is 0.375. The number of hydrogen-bond donors (Lipinski definition) is 2. The van der Waals surface area contributed by atoms with Gasteiger partial charge in [0.1, 0.15) is 0 Å². The molecule has 19 heavy (non-hydrogen) atoms. The minimum atomic E-state index is 0.359. The summed E-state index contributed by atoms with van der Waals surface area (Å²) >= 11 is 1.78. The molecule has 1 heterocycles. The van der Waals surface area contributed by atoms with E-state index in [-0.39, 0.29) is 0 Å². The molecule has 2 nitrogen and oxygen atoms in total. The van der Waals surface area contributed by atoms with E-state index in [0.29, 0.717) is 5.41 Å². The fourth-order valence-electron chi connectivity index (χ4n) is 2.56. The van der Waals surface area contributed by atoms with Crippen LogP contribution in [0.5, 0.6) is 0 Å². The summed E-state index contributed by atoms with van der Waals surface area (Å²) in [6, 6.07) is 8.39. The number of nitrogens with one attached hydrogen (secondary N) is 1. The average Bonchev–Trinajstić information content (AvgIpc) is 3.08. The Bertz CT molecular complexity index is 552. The minimum absolute atomic E-state index is 0.359. The van der Waals surface area contributed by atoms with Gasteiger partial charge in [-0.1, -0.05) is 12.1 Å². The van der Waals surface area contributed by atoms with Gasteiger partial charge in [-0.05, 0) is 59.3 Å². The van der Waals surface area contributed by atoms with Crippen molar-refractivity contribution in [3.05, 3.63) is 51.7 Å². The second-order valence-corrected chi connectivity index (χ2v) is 6.33. The molecule has 1 saturated carbocycles. The Hall–Kier alpha value is -1.32. The van der Waals surface area contributed by atoms with Crippen LogP contribution in [0.1, 0.15) is 29.5 Å². The first-order chi connectivity index (χ1) is 9.20. The second kappa shape index (κ2) is 4.99. The molecule has 1 aliphatic carbocycles. The molecule has 0 radical (unpaired) electrons. The first-order valence-corrected chi connectivity index (χ1v) is 7.72. The van der Waals surface area contributed by atoms with Crippen LogP contribution in [0.15, 0.2) is 35.0 Å². The number of hydrogen-bond acceptors (Lipinski definition) is 3. The highest BCUT2D eigenvalue weighted by atomic mass is 32.1. The van der Waals surface area contributed by atoms with Crippen LogP contribution in [-0.4, -0.2) is 6.54 Å². The topological polar surface area (TPSA) is 38.0 Å². The fourth-order valence-corrected chi connectivity index (χ4v) is 3.42. The third-order valence-corrected chi connectivity index (χ3v) is 5.03. The number of benzene rings is 1. The quantitative estimate of drug-likeness (QED) is 0.818. The molecule has 3 N–H and O–H groups in total. The zero-order valence-electron chi connectivity index (χ0n) is 11.3. The predicted molar refractivity (Wildman–Crippen MR) is 82.5 cm³/mol. The Balaban J connectivity index is 1.60. The summed E-state index contributed by atoms with van der Waals surface area (Å²) in [5.74, 6) is 0. The maximum atomic E-state index is 5.76. The number of nitrogen functional groups attached to an aromatic ring is 1. The van der Waals surface area contributed by atoms with Gasteiger partial charge in [0.25, 0.3) is 0 Å². The average molecular weight is 272 g/mol. The van der Waals surface area contributed by atoms with E-state index < -0.39 is 0 Å². The minimum Gasteiger partial charge on any atom is -0.399 e. The first-order valence-electron chi connectivity index (χ1n) is 6.78. The Morgan fingerprint density at radius 2 is 1.95 bits per heavy atom. The van der Waals surface area contributed by atoms with Crippen molar-refractivity contribution in [2.75, 3.05) is 12.3 Å². The van der Waals surface area contributed by atoms with Gasteiger partial charge in [0.05, 0.1) is 0 Å². The molecule has 0 spiro atoms. The van der Waals surface area contributed by atoms with Crippen molar-refractivity contribution >= 4 is 17.0 Å². The van der Waals surface area contributed by atoms with Gasteiger partial charge in [0.15, 0.2) is 0 Å². The molecule has 0 bridgehead atoms. The normalized spacial score (nSPS) is 16.5. The third-order valence-electron chi connectivity index (χ3n) is 4.12. The predicted octanol–water partition coefficient (Wildman–Crippen LogP) is 3.46. The summed E-state index contributed by atoms with van der Waals surface area (Å²) in [5, 5.41) is 8.07. The highest BCUT2D eigenvalue weighted by Gasteiger charge is 2.43. The number of rotatable bonds is 5. The van der Waals surface area contributed by atoms with Crippen molar-refractivity contribution in [2.24, 2.45) is 0 Å². The van der Waals surface area contributed by atoms with Crippen LogP contribution in [0, 0.1) is 6.92 Å². The van der Waals surface area contributed by atoms with Crippen molar-refractivity contribution < 1.29 is 0 Å². The molecule has 0 atom stereocenters. The number of thiophene rings is 1. The van der Waals surface area contributed by atoms with Crippen LogP contribution in [0.25, 0.3) is 0 Å². The van der Waals surface area contributed by atoms with Crippen LogP contribution >= 0.6 is 11.3 Å². The number of nitrogens with two attached hydrogens (primary N) is 1. The van der Waals surface area contributed by atoms with Crippen molar-refractivity contribution in [3.63, 3.8) is 0 Å². The lowest BCUT2D eigenvalue weighted by Gasteiger charge is -2.17. The van der Waals surface area contributed by atoms with Crippen LogP contribution in [0.3, 0.4) is 0 Å². The van der Waals surface area contributed by atoms with Crippen LogP contribution in [0.2, 0.25) is 0 Å². The Kier molecular flexibility index (Phi) is 3.33. The van der Waals surface area contributed by atoms with E-state index in [0.717, 1.165) is 18.8 Å². The van der Waals surface area contributed by atoms with Gasteiger partial charge in [-0.15, -0.1) is 0 Å². The van der Waals surface area contributed by atoms with Crippen molar-refractivity contribution in [3.8, 4) is 0 Å². The maximum Gasteiger partial charge on any atom is 0.0314 e. The van der Waals surface area contributed by atoms with E-state index in [2.05, 4.69) is 35.1 Å². The molecule has 0 amide bonds. The standard InChI is InChI=1S/C16H20N2S/c1-12-9-19-10-13(12)8-18-11-16(6-7-16)14-2-4-15(17)5-3-14/h2-5,9-10,18H,6-8,11,17H2,1H3. The lowest BCUT2D eigenvalue weighted by atomic mass is 9.95. The second-order valence-electron chi connectivity index (χ2n) is 5.59. The van der Waals surface area contributed by atoms with Gasteiger partial charge in [-0.3, -0.25) is 0 Å². The molecule has 3 rings (SSSR count). The molecule has 0 saturated heterocycles. The third kappa shape index (κ3) is 2.67. The summed E-state index contributed by atoms with van der Waals surface area (Å²) < 4.78 is 0. The van der Waals surface area contributed by atoms with E-state index in [1.54, 1.807) is 11.3 Å².